The monoisotopic (exact) mass is 390 g/mol. The molecule has 0 saturated heterocycles. The zero-order valence-corrected chi connectivity index (χ0v) is 16.3. The Balaban J connectivity index is 1.47. The maximum Gasteiger partial charge on any atom is 0.257 e. The van der Waals surface area contributed by atoms with Crippen molar-refractivity contribution in [3.63, 3.8) is 0 Å². The van der Waals surface area contributed by atoms with E-state index in [0.717, 1.165) is 18.4 Å². The Morgan fingerprint density at radius 3 is 2.81 bits per heavy atom. The number of hydrogen-bond acceptors (Lipinski definition) is 6. The second kappa shape index (κ2) is 9.14. The predicted octanol–water partition coefficient (Wildman–Crippen LogP) is 3.64. The molecule has 0 aliphatic heterocycles. The molecule has 8 heteroatoms. The maximum atomic E-state index is 12.2. The van der Waals surface area contributed by atoms with Crippen molar-refractivity contribution in [1.29, 1.82) is 0 Å². The summed E-state index contributed by atoms with van der Waals surface area (Å²) in [7, 11) is 0. The van der Waals surface area contributed by atoms with Crippen LogP contribution in [0.3, 0.4) is 0 Å². The average Bonchev–Trinajstić information content (AvgIpc) is 3.08. The fourth-order valence-corrected chi connectivity index (χ4v) is 4.48. The number of nitrogens with one attached hydrogen (secondary N) is 2. The van der Waals surface area contributed by atoms with Gasteiger partial charge in [0.15, 0.2) is 4.34 Å². The van der Waals surface area contributed by atoms with E-state index in [0.29, 0.717) is 26.8 Å². The summed E-state index contributed by atoms with van der Waals surface area (Å²) in [5.74, 6) is 0.135. The van der Waals surface area contributed by atoms with E-state index in [2.05, 4.69) is 20.8 Å². The molecular weight excluding hydrogens is 368 g/mol. The van der Waals surface area contributed by atoms with E-state index in [9.17, 15) is 9.59 Å². The van der Waals surface area contributed by atoms with E-state index in [1.165, 1.54) is 42.4 Å². The summed E-state index contributed by atoms with van der Waals surface area (Å²) in [6, 6.07) is 7.68. The van der Waals surface area contributed by atoms with Crippen molar-refractivity contribution in [3.8, 4) is 0 Å². The smallest absolute Gasteiger partial charge is 0.257 e. The van der Waals surface area contributed by atoms with Crippen LogP contribution in [-0.2, 0) is 4.79 Å². The topological polar surface area (TPSA) is 84.0 Å². The number of carbonyl (C=O) groups is 2. The SMILES string of the molecule is Cc1cccc(C(=O)Nc2nnc(SCC(=O)NC3CCCCC3)s2)c1. The number of aromatic nitrogens is 2. The molecule has 6 nitrogen and oxygen atoms in total. The lowest BCUT2D eigenvalue weighted by Gasteiger charge is -2.22. The summed E-state index contributed by atoms with van der Waals surface area (Å²) in [5.41, 5.74) is 1.61. The third kappa shape index (κ3) is 5.54. The van der Waals surface area contributed by atoms with Gasteiger partial charge in [-0.25, -0.2) is 0 Å². The molecule has 0 unspecified atom stereocenters. The van der Waals surface area contributed by atoms with Crippen molar-refractivity contribution in [3.05, 3.63) is 35.4 Å². The number of anilines is 1. The van der Waals surface area contributed by atoms with Crippen LogP contribution in [0.15, 0.2) is 28.6 Å². The van der Waals surface area contributed by atoms with Gasteiger partial charge in [-0.05, 0) is 31.9 Å². The molecule has 1 fully saturated rings. The van der Waals surface area contributed by atoms with E-state index in [1.54, 1.807) is 6.07 Å². The fourth-order valence-electron chi connectivity index (χ4n) is 2.92. The molecule has 26 heavy (non-hydrogen) atoms. The van der Waals surface area contributed by atoms with Crippen molar-refractivity contribution < 1.29 is 9.59 Å². The number of hydrogen-bond donors (Lipinski definition) is 2. The minimum Gasteiger partial charge on any atom is -0.353 e. The molecule has 0 atom stereocenters. The van der Waals surface area contributed by atoms with Crippen molar-refractivity contribution in [2.45, 2.75) is 49.4 Å². The second-order valence-electron chi connectivity index (χ2n) is 6.39. The number of rotatable bonds is 6. The van der Waals surface area contributed by atoms with Crippen LogP contribution in [-0.4, -0.2) is 33.8 Å². The average molecular weight is 391 g/mol. The molecule has 1 heterocycles. The highest BCUT2D eigenvalue weighted by Gasteiger charge is 2.16. The van der Waals surface area contributed by atoms with Gasteiger partial charge in [-0.1, -0.05) is 60.1 Å². The predicted molar refractivity (Wildman–Crippen MR) is 105 cm³/mol. The highest BCUT2D eigenvalue weighted by Crippen LogP contribution is 2.26. The lowest BCUT2D eigenvalue weighted by atomic mass is 9.95. The van der Waals surface area contributed by atoms with Gasteiger partial charge in [0.25, 0.3) is 5.91 Å². The Labute approximate surface area is 161 Å². The Morgan fingerprint density at radius 1 is 1.23 bits per heavy atom. The molecule has 138 valence electrons. The summed E-state index contributed by atoms with van der Waals surface area (Å²) in [6.45, 7) is 1.94. The van der Waals surface area contributed by atoms with E-state index in [-0.39, 0.29) is 11.8 Å². The first-order valence-corrected chi connectivity index (χ1v) is 10.5. The zero-order valence-electron chi connectivity index (χ0n) is 14.7. The molecule has 2 amide bonds. The summed E-state index contributed by atoms with van der Waals surface area (Å²) >= 11 is 2.62. The van der Waals surface area contributed by atoms with Crippen LogP contribution < -0.4 is 10.6 Å². The summed E-state index contributed by atoms with van der Waals surface area (Å²) in [4.78, 5) is 24.3. The molecule has 0 bridgehead atoms. The molecule has 0 radical (unpaired) electrons. The first kappa shape index (κ1) is 18.8. The molecule has 1 aromatic carbocycles. The molecule has 1 aliphatic rings. The minimum atomic E-state index is -0.212. The maximum absolute atomic E-state index is 12.2. The minimum absolute atomic E-state index is 0.0300. The fraction of sp³-hybridized carbons (Fsp3) is 0.444. The molecule has 2 N–H and O–H groups in total. The molecule has 1 saturated carbocycles. The van der Waals surface area contributed by atoms with Crippen LogP contribution in [0.5, 0.6) is 0 Å². The number of amides is 2. The Morgan fingerprint density at radius 2 is 2.04 bits per heavy atom. The summed E-state index contributed by atoms with van der Waals surface area (Å²) < 4.78 is 0.670. The number of benzene rings is 1. The third-order valence-electron chi connectivity index (χ3n) is 4.20. The van der Waals surface area contributed by atoms with E-state index in [4.69, 9.17) is 0 Å². The first-order chi connectivity index (χ1) is 12.6. The molecule has 1 aromatic heterocycles. The van der Waals surface area contributed by atoms with Gasteiger partial charge in [-0.3, -0.25) is 14.9 Å². The van der Waals surface area contributed by atoms with Crippen LogP contribution >= 0.6 is 23.1 Å². The Kier molecular flexibility index (Phi) is 6.62. The quantitative estimate of drug-likeness (QED) is 0.581. The van der Waals surface area contributed by atoms with Crippen molar-refractivity contribution in [1.82, 2.24) is 15.5 Å². The van der Waals surface area contributed by atoms with Gasteiger partial charge in [0.05, 0.1) is 5.75 Å². The number of aryl methyl sites for hydroxylation is 1. The molecule has 3 rings (SSSR count). The van der Waals surface area contributed by atoms with Gasteiger partial charge < -0.3 is 5.32 Å². The summed E-state index contributed by atoms with van der Waals surface area (Å²) in [6.07, 6.45) is 5.80. The van der Waals surface area contributed by atoms with Gasteiger partial charge in [-0.15, -0.1) is 10.2 Å². The van der Waals surface area contributed by atoms with Crippen molar-refractivity contribution in [2.75, 3.05) is 11.1 Å². The first-order valence-electron chi connectivity index (χ1n) is 8.74. The Bertz CT molecular complexity index is 772. The number of nitrogens with zero attached hydrogens (tertiary/aromatic N) is 2. The standard InChI is InChI=1S/C18H22N4O2S2/c1-12-6-5-7-13(10-12)16(24)20-17-21-22-18(26-17)25-11-15(23)19-14-8-3-2-4-9-14/h5-7,10,14H,2-4,8-9,11H2,1H3,(H,19,23)(H,20,21,24). The number of carbonyl (C=O) groups excluding carboxylic acids is 2. The Hall–Kier alpha value is -1.93. The van der Waals surface area contributed by atoms with Crippen LogP contribution in [0, 0.1) is 6.92 Å². The normalized spacial score (nSPS) is 14.8. The van der Waals surface area contributed by atoms with Gasteiger partial charge in [0.2, 0.25) is 11.0 Å². The highest BCUT2D eigenvalue weighted by atomic mass is 32.2. The van der Waals surface area contributed by atoms with E-state index >= 15 is 0 Å². The third-order valence-corrected chi connectivity index (χ3v) is 6.18. The van der Waals surface area contributed by atoms with E-state index in [1.807, 2.05) is 25.1 Å². The molecule has 1 aliphatic carbocycles. The lowest BCUT2D eigenvalue weighted by molar-refractivity contribution is -0.119. The van der Waals surface area contributed by atoms with Crippen LogP contribution in [0.1, 0.15) is 48.0 Å². The molecule has 2 aromatic rings. The highest BCUT2D eigenvalue weighted by molar-refractivity contribution is 8.01. The lowest BCUT2D eigenvalue weighted by Crippen LogP contribution is -2.37. The van der Waals surface area contributed by atoms with Gasteiger partial charge in [-0.2, -0.15) is 0 Å². The molecule has 0 spiro atoms. The van der Waals surface area contributed by atoms with Crippen LogP contribution in [0.4, 0.5) is 5.13 Å². The second-order valence-corrected chi connectivity index (χ2v) is 8.59. The number of thioether (sulfide) groups is 1. The van der Waals surface area contributed by atoms with Crippen molar-refractivity contribution in [2.24, 2.45) is 0 Å². The van der Waals surface area contributed by atoms with Gasteiger partial charge in [0, 0.05) is 11.6 Å². The van der Waals surface area contributed by atoms with Crippen LogP contribution in [0.25, 0.3) is 0 Å². The largest absolute Gasteiger partial charge is 0.353 e. The van der Waals surface area contributed by atoms with E-state index < -0.39 is 0 Å². The van der Waals surface area contributed by atoms with Gasteiger partial charge >= 0.3 is 0 Å². The van der Waals surface area contributed by atoms with Crippen molar-refractivity contribution >= 4 is 40.0 Å². The molecular formula is C18H22N4O2S2. The zero-order chi connectivity index (χ0) is 18.4. The summed E-state index contributed by atoms with van der Waals surface area (Å²) in [5, 5.41) is 14.3. The van der Waals surface area contributed by atoms with Gasteiger partial charge in [0.1, 0.15) is 0 Å². The van der Waals surface area contributed by atoms with Crippen LogP contribution in [0.2, 0.25) is 0 Å².